The van der Waals surface area contributed by atoms with Gasteiger partial charge in [-0.1, -0.05) is 11.6 Å². The average molecular weight is 234 g/mol. The Hall–Kier alpha value is -0.520. The number of ether oxygens (including phenoxy) is 1. The maximum absolute atomic E-state index is 11.8. The van der Waals surface area contributed by atoms with Crippen molar-refractivity contribution in [1.29, 1.82) is 0 Å². The Morgan fingerprint density at radius 2 is 2.25 bits per heavy atom. The van der Waals surface area contributed by atoms with Crippen LogP contribution in [0.2, 0.25) is 0 Å². The van der Waals surface area contributed by atoms with Crippen LogP contribution in [0.1, 0.15) is 32.1 Å². The van der Waals surface area contributed by atoms with Crippen molar-refractivity contribution in [3.8, 4) is 0 Å². The zero-order valence-corrected chi connectivity index (χ0v) is 9.42. The molecule has 16 heavy (non-hydrogen) atoms. The summed E-state index contributed by atoms with van der Waals surface area (Å²) in [7, 11) is 0. The first-order chi connectivity index (χ1) is 7.74. The van der Waals surface area contributed by atoms with Gasteiger partial charge in [-0.3, -0.25) is 11.3 Å². The average Bonchev–Trinajstić information content (AvgIpc) is 2.30. The summed E-state index contributed by atoms with van der Waals surface area (Å²) in [4.78, 5) is 0. The van der Waals surface area contributed by atoms with Crippen LogP contribution in [-0.4, -0.2) is 25.7 Å². The van der Waals surface area contributed by atoms with Gasteiger partial charge in [0.05, 0.1) is 0 Å². The van der Waals surface area contributed by atoms with E-state index in [0.29, 0.717) is 13.0 Å². The summed E-state index contributed by atoms with van der Waals surface area (Å²) in [6.07, 6.45) is 4.99. The summed E-state index contributed by atoms with van der Waals surface area (Å²) in [5.41, 5.74) is 4.01. The highest BCUT2D eigenvalue weighted by atomic mass is 19.3. The molecule has 1 unspecified atom stereocenters. The standard InChI is InChI=1S/C11H20F2N2O/c12-11(13)8-16-7-6-10(15-14)9-4-2-1-3-5-9/h4,10-11,15H,1-3,5-8,14H2. The molecule has 0 bridgehead atoms. The van der Waals surface area contributed by atoms with E-state index in [2.05, 4.69) is 11.5 Å². The molecule has 0 aromatic carbocycles. The third-order valence-electron chi connectivity index (χ3n) is 2.77. The zero-order valence-electron chi connectivity index (χ0n) is 9.42. The lowest BCUT2D eigenvalue weighted by Gasteiger charge is -2.22. The van der Waals surface area contributed by atoms with Crippen molar-refractivity contribution in [2.24, 2.45) is 5.84 Å². The van der Waals surface area contributed by atoms with Crippen LogP contribution in [0.5, 0.6) is 0 Å². The molecule has 3 N–H and O–H groups in total. The predicted octanol–water partition coefficient (Wildman–Crippen LogP) is 1.99. The molecule has 0 aromatic heterocycles. The Kier molecular flexibility index (Phi) is 6.52. The molecule has 0 aromatic rings. The Morgan fingerprint density at radius 1 is 1.44 bits per heavy atom. The highest BCUT2D eigenvalue weighted by Crippen LogP contribution is 2.21. The lowest BCUT2D eigenvalue weighted by molar-refractivity contribution is 0.0151. The lowest BCUT2D eigenvalue weighted by atomic mass is 9.93. The van der Waals surface area contributed by atoms with Crippen molar-refractivity contribution in [2.75, 3.05) is 13.2 Å². The molecular formula is C11H20F2N2O. The van der Waals surface area contributed by atoms with Crippen LogP contribution in [0.4, 0.5) is 8.78 Å². The van der Waals surface area contributed by atoms with Crippen molar-refractivity contribution in [1.82, 2.24) is 5.43 Å². The van der Waals surface area contributed by atoms with E-state index in [4.69, 9.17) is 10.6 Å². The first-order valence-corrected chi connectivity index (χ1v) is 5.75. The molecule has 94 valence electrons. The normalized spacial score (nSPS) is 18.6. The number of hydrogen-bond acceptors (Lipinski definition) is 3. The topological polar surface area (TPSA) is 47.3 Å². The number of nitrogens with two attached hydrogens (primary N) is 1. The quantitative estimate of drug-likeness (QED) is 0.306. The summed E-state index contributed by atoms with van der Waals surface area (Å²) in [6.45, 7) is -0.174. The van der Waals surface area contributed by atoms with Crippen LogP contribution in [0, 0.1) is 0 Å². The summed E-state index contributed by atoms with van der Waals surface area (Å²) < 4.78 is 28.5. The molecule has 1 aliphatic rings. The van der Waals surface area contributed by atoms with Gasteiger partial charge in [0.25, 0.3) is 6.43 Å². The van der Waals surface area contributed by atoms with E-state index >= 15 is 0 Å². The Labute approximate surface area is 95.0 Å². The lowest BCUT2D eigenvalue weighted by Crippen LogP contribution is -2.38. The van der Waals surface area contributed by atoms with Crippen LogP contribution in [-0.2, 0) is 4.74 Å². The molecule has 0 amide bonds. The van der Waals surface area contributed by atoms with Crippen molar-refractivity contribution in [3.05, 3.63) is 11.6 Å². The van der Waals surface area contributed by atoms with Gasteiger partial charge in [-0.15, -0.1) is 0 Å². The molecule has 1 atom stereocenters. The summed E-state index contributed by atoms with van der Waals surface area (Å²) >= 11 is 0. The molecular weight excluding hydrogens is 214 g/mol. The molecule has 0 radical (unpaired) electrons. The Bertz CT molecular complexity index is 222. The number of allylic oxidation sites excluding steroid dienone is 1. The van der Waals surface area contributed by atoms with E-state index in [0.717, 1.165) is 12.8 Å². The van der Waals surface area contributed by atoms with E-state index < -0.39 is 13.0 Å². The second-order valence-electron chi connectivity index (χ2n) is 4.00. The minimum absolute atomic E-state index is 0.0676. The van der Waals surface area contributed by atoms with Crippen LogP contribution < -0.4 is 11.3 Å². The second-order valence-corrected chi connectivity index (χ2v) is 4.00. The van der Waals surface area contributed by atoms with E-state index in [1.807, 2.05) is 0 Å². The highest BCUT2D eigenvalue weighted by molar-refractivity contribution is 5.12. The van der Waals surface area contributed by atoms with Gasteiger partial charge < -0.3 is 4.74 Å². The Balaban J connectivity index is 2.23. The van der Waals surface area contributed by atoms with Gasteiger partial charge in [-0.2, -0.15) is 0 Å². The van der Waals surface area contributed by atoms with Crippen molar-refractivity contribution in [3.63, 3.8) is 0 Å². The van der Waals surface area contributed by atoms with Crippen LogP contribution in [0.25, 0.3) is 0 Å². The third-order valence-corrected chi connectivity index (χ3v) is 2.77. The van der Waals surface area contributed by atoms with Crippen LogP contribution in [0.15, 0.2) is 11.6 Å². The highest BCUT2D eigenvalue weighted by Gasteiger charge is 2.14. The summed E-state index contributed by atoms with van der Waals surface area (Å²) in [5, 5.41) is 0. The molecule has 5 heteroatoms. The largest absolute Gasteiger partial charge is 0.375 e. The third kappa shape index (κ3) is 5.01. The summed E-state index contributed by atoms with van der Waals surface area (Å²) in [5.74, 6) is 5.45. The fraction of sp³-hybridized carbons (Fsp3) is 0.818. The molecule has 0 fully saturated rings. The molecule has 0 saturated heterocycles. The summed E-state index contributed by atoms with van der Waals surface area (Å²) in [6, 6.07) is 0.0676. The van der Waals surface area contributed by atoms with E-state index in [1.165, 1.54) is 18.4 Å². The SMILES string of the molecule is NNC(CCOCC(F)F)C1=CCCCC1. The fourth-order valence-electron chi connectivity index (χ4n) is 1.93. The van der Waals surface area contributed by atoms with E-state index in [-0.39, 0.29) is 6.04 Å². The first kappa shape index (κ1) is 13.5. The van der Waals surface area contributed by atoms with Gasteiger partial charge in [0.2, 0.25) is 0 Å². The molecule has 1 rings (SSSR count). The molecule has 0 aliphatic heterocycles. The maximum atomic E-state index is 11.8. The number of alkyl halides is 2. The van der Waals surface area contributed by atoms with Gasteiger partial charge >= 0.3 is 0 Å². The van der Waals surface area contributed by atoms with Gasteiger partial charge in [-0.05, 0) is 32.1 Å². The van der Waals surface area contributed by atoms with Crippen LogP contribution >= 0.6 is 0 Å². The number of halogens is 2. The zero-order chi connectivity index (χ0) is 11.8. The molecule has 0 heterocycles. The number of rotatable bonds is 7. The van der Waals surface area contributed by atoms with E-state index in [1.54, 1.807) is 0 Å². The molecule has 1 aliphatic carbocycles. The fourth-order valence-corrected chi connectivity index (χ4v) is 1.93. The van der Waals surface area contributed by atoms with Crippen molar-refractivity contribution >= 4 is 0 Å². The number of hydrogen-bond donors (Lipinski definition) is 2. The van der Waals surface area contributed by atoms with Gasteiger partial charge in [-0.25, -0.2) is 8.78 Å². The molecule has 0 spiro atoms. The van der Waals surface area contributed by atoms with E-state index in [9.17, 15) is 8.78 Å². The van der Waals surface area contributed by atoms with Crippen LogP contribution in [0.3, 0.4) is 0 Å². The maximum Gasteiger partial charge on any atom is 0.261 e. The van der Waals surface area contributed by atoms with Crippen molar-refractivity contribution in [2.45, 2.75) is 44.6 Å². The monoisotopic (exact) mass is 234 g/mol. The number of nitrogens with one attached hydrogen (secondary N) is 1. The Morgan fingerprint density at radius 3 is 2.81 bits per heavy atom. The number of hydrazine groups is 1. The minimum atomic E-state index is -2.39. The molecule has 0 saturated carbocycles. The van der Waals surface area contributed by atoms with Crippen molar-refractivity contribution < 1.29 is 13.5 Å². The second kappa shape index (κ2) is 7.70. The van der Waals surface area contributed by atoms with Gasteiger partial charge in [0.1, 0.15) is 6.61 Å². The smallest absolute Gasteiger partial charge is 0.261 e. The predicted molar refractivity (Wildman–Crippen MR) is 59.1 cm³/mol. The minimum Gasteiger partial charge on any atom is -0.375 e. The molecule has 3 nitrogen and oxygen atoms in total. The van der Waals surface area contributed by atoms with Gasteiger partial charge in [0.15, 0.2) is 0 Å². The van der Waals surface area contributed by atoms with Gasteiger partial charge in [0, 0.05) is 12.6 Å². The first-order valence-electron chi connectivity index (χ1n) is 5.75.